The Labute approximate surface area is 126 Å². The molecule has 0 radical (unpaired) electrons. The molecule has 0 aliphatic heterocycles. The molecule has 3 rings (SSSR count). The van der Waals surface area contributed by atoms with E-state index >= 15 is 0 Å². The summed E-state index contributed by atoms with van der Waals surface area (Å²) in [5, 5.41) is 4.88. The van der Waals surface area contributed by atoms with Crippen molar-refractivity contribution in [2.75, 3.05) is 6.61 Å². The Morgan fingerprint density at radius 2 is 2.14 bits per heavy atom. The van der Waals surface area contributed by atoms with Crippen LogP contribution in [0.1, 0.15) is 17.4 Å². The van der Waals surface area contributed by atoms with Crippen LogP contribution in [0.5, 0.6) is 0 Å². The summed E-state index contributed by atoms with van der Waals surface area (Å²) in [7, 11) is 0. The van der Waals surface area contributed by atoms with E-state index in [0.717, 1.165) is 11.3 Å². The highest BCUT2D eigenvalue weighted by Crippen LogP contribution is 2.27. The fourth-order valence-corrected chi connectivity index (χ4v) is 2.31. The third-order valence-corrected chi connectivity index (χ3v) is 3.32. The van der Waals surface area contributed by atoms with E-state index in [2.05, 4.69) is 10.1 Å². The Kier molecular flexibility index (Phi) is 3.58. The number of aromatic nitrogens is 3. The number of hydrogen-bond acceptors (Lipinski definition) is 4. The van der Waals surface area contributed by atoms with Crippen LogP contribution in [0, 0.1) is 0 Å². The van der Waals surface area contributed by atoms with Crippen LogP contribution in [-0.4, -0.2) is 27.2 Å². The minimum absolute atomic E-state index is 0.226. The number of ether oxygens (including phenoxy) is 1. The van der Waals surface area contributed by atoms with Gasteiger partial charge >= 0.3 is 5.97 Å². The molecule has 0 unspecified atom stereocenters. The predicted octanol–water partition coefficient (Wildman–Crippen LogP) is 3.23. The third-order valence-electron chi connectivity index (χ3n) is 2.99. The van der Waals surface area contributed by atoms with Gasteiger partial charge in [-0.25, -0.2) is 14.3 Å². The van der Waals surface area contributed by atoms with Crippen LogP contribution in [0.3, 0.4) is 0 Å². The lowest BCUT2D eigenvalue weighted by Crippen LogP contribution is -2.05. The van der Waals surface area contributed by atoms with Gasteiger partial charge in [0.25, 0.3) is 0 Å². The van der Waals surface area contributed by atoms with E-state index in [1.165, 1.54) is 0 Å². The molecule has 0 N–H and O–H groups in total. The van der Waals surface area contributed by atoms with Crippen molar-refractivity contribution in [3.63, 3.8) is 0 Å². The molecule has 0 bridgehead atoms. The van der Waals surface area contributed by atoms with E-state index in [0.29, 0.717) is 17.3 Å². The van der Waals surface area contributed by atoms with Gasteiger partial charge in [0.2, 0.25) is 0 Å². The average molecular weight is 302 g/mol. The molecule has 1 aromatic carbocycles. The molecule has 0 saturated carbocycles. The number of rotatable bonds is 3. The maximum Gasteiger partial charge on any atom is 0.358 e. The number of benzene rings is 1. The van der Waals surface area contributed by atoms with E-state index in [9.17, 15) is 4.79 Å². The molecule has 0 saturated heterocycles. The molecule has 0 aliphatic carbocycles. The van der Waals surface area contributed by atoms with Gasteiger partial charge in [-0.15, -0.1) is 0 Å². The largest absolute Gasteiger partial charge is 0.461 e. The number of hydrogen-bond donors (Lipinski definition) is 0. The van der Waals surface area contributed by atoms with Crippen molar-refractivity contribution in [1.82, 2.24) is 14.6 Å². The van der Waals surface area contributed by atoms with Crippen LogP contribution in [0.15, 0.2) is 42.6 Å². The highest BCUT2D eigenvalue weighted by atomic mass is 35.5. The molecule has 0 fully saturated rings. The number of fused-ring (bicyclic) bond motifs is 1. The van der Waals surface area contributed by atoms with E-state index < -0.39 is 5.97 Å². The van der Waals surface area contributed by atoms with Crippen molar-refractivity contribution in [2.24, 2.45) is 0 Å². The Morgan fingerprint density at radius 1 is 1.33 bits per heavy atom. The number of esters is 1. The second-order valence-electron chi connectivity index (χ2n) is 4.33. The van der Waals surface area contributed by atoms with Gasteiger partial charge in [0.15, 0.2) is 11.3 Å². The second kappa shape index (κ2) is 5.54. The highest BCUT2D eigenvalue weighted by molar-refractivity contribution is 6.33. The van der Waals surface area contributed by atoms with E-state index in [1.807, 2.05) is 18.2 Å². The fourth-order valence-electron chi connectivity index (χ4n) is 2.07. The first kappa shape index (κ1) is 13.6. The van der Waals surface area contributed by atoms with Crippen LogP contribution in [0.25, 0.3) is 16.9 Å². The summed E-state index contributed by atoms with van der Waals surface area (Å²) in [5.74, 6) is -0.465. The van der Waals surface area contributed by atoms with Crippen LogP contribution in [0.4, 0.5) is 0 Å². The second-order valence-corrected chi connectivity index (χ2v) is 4.74. The molecule has 5 nitrogen and oxygen atoms in total. The van der Waals surface area contributed by atoms with E-state index in [1.54, 1.807) is 35.8 Å². The molecule has 3 aromatic rings. The molecule has 106 valence electrons. The third kappa shape index (κ3) is 2.48. The normalized spacial score (nSPS) is 10.8. The van der Waals surface area contributed by atoms with Crippen molar-refractivity contribution in [2.45, 2.75) is 6.92 Å². The highest BCUT2D eigenvalue weighted by Gasteiger charge is 2.15. The van der Waals surface area contributed by atoms with Crippen molar-refractivity contribution in [1.29, 1.82) is 0 Å². The van der Waals surface area contributed by atoms with E-state index in [-0.39, 0.29) is 5.69 Å². The zero-order valence-electron chi connectivity index (χ0n) is 11.3. The number of carbonyl (C=O) groups is 1. The lowest BCUT2D eigenvalue weighted by Gasteiger charge is -2.06. The molecular weight excluding hydrogens is 290 g/mol. The quantitative estimate of drug-likeness (QED) is 0.697. The first-order valence-corrected chi connectivity index (χ1v) is 6.85. The molecular formula is C15H12ClN3O2. The Bertz CT molecular complexity index is 814. The minimum atomic E-state index is -0.465. The smallest absolute Gasteiger partial charge is 0.358 e. The standard InChI is InChI=1S/C15H12ClN3O2/c1-2-21-15(20)12-9-14-17-8-7-13(19(14)18-12)10-5-3-4-6-11(10)16/h3-9H,2H2,1H3. The Hall–Kier alpha value is -2.40. The number of halogens is 1. The average Bonchev–Trinajstić information content (AvgIpc) is 2.92. The minimum Gasteiger partial charge on any atom is -0.461 e. The summed E-state index contributed by atoms with van der Waals surface area (Å²) in [6.07, 6.45) is 1.66. The lowest BCUT2D eigenvalue weighted by atomic mass is 10.1. The summed E-state index contributed by atoms with van der Waals surface area (Å²) >= 11 is 6.23. The predicted molar refractivity (Wildman–Crippen MR) is 79.4 cm³/mol. The first-order valence-electron chi connectivity index (χ1n) is 6.47. The van der Waals surface area contributed by atoms with Crippen LogP contribution < -0.4 is 0 Å². The Morgan fingerprint density at radius 3 is 2.90 bits per heavy atom. The van der Waals surface area contributed by atoms with Crippen LogP contribution >= 0.6 is 11.6 Å². The van der Waals surface area contributed by atoms with Gasteiger partial charge in [0.1, 0.15) is 0 Å². The van der Waals surface area contributed by atoms with Gasteiger partial charge in [0.05, 0.1) is 12.3 Å². The molecule has 0 atom stereocenters. The lowest BCUT2D eigenvalue weighted by molar-refractivity contribution is 0.0519. The monoisotopic (exact) mass is 301 g/mol. The Balaban J connectivity index is 2.17. The number of carbonyl (C=O) groups excluding carboxylic acids is 1. The van der Waals surface area contributed by atoms with Crippen LogP contribution in [-0.2, 0) is 4.74 Å². The molecule has 0 aliphatic rings. The van der Waals surface area contributed by atoms with Crippen molar-refractivity contribution >= 4 is 23.2 Å². The number of nitrogens with zero attached hydrogens (tertiary/aromatic N) is 3. The molecule has 0 spiro atoms. The van der Waals surface area contributed by atoms with Gasteiger partial charge < -0.3 is 4.74 Å². The molecule has 2 heterocycles. The zero-order valence-corrected chi connectivity index (χ0v) is 12.0. The van der Waals surface area contributed by atoms with Crippen molar-refractivity contribution in [3.05, 3.63) is 53.3 Å². The molecule has 0 amide bonds. The summed E-state index contributed by atoms with van der Waals surface area (Å²) < 4.78 is 6.55. The van der Waals surface area contributed by atoms with Gasteiger partial charge in [0, 0.05) is 22.8 Å². The molecule has 21 heavy (non-hydrogen) atoms. The molecule has 2 aromatic heterocycles. The summed E-state index contributed by atoms with van der Waals surface area (Å²) in [6, 6.07) is 10.8. The van der Waals surface area contributed by atoms with E-state index in [4.69, 9.17) is 16.3 Å². The fraction of sp³-hybridized carbons (Fsp3) is 0.133. The first-order chi connectivity index (χ1) is 10.2. The topological polar surface area (TPSA) is 56.5 Å². The maximum atomic E-state index is 11.8. The maximum absolute atomic E-state index is 11.8. The summed E-state index contributed by atoms with van der Waals surface area (Å²) in [6.45, 7) is 2.05. The van der Waals surface area contributed by atoms with Crippen LogP contribution in [0.2, 0.25) is 5.02 Å². The zero-order chi connectivity index (χ0) is 14.8. The summed E-state index contributed by atoms with van der Waals surface area (Å²) in [4.78, 5) is 16.0. The SMILES string of the molecule is CCOC(=O)c1cc2nccc(-c3ccccc3Cl)n2n1. The summed E-state index contributed by atoms with van der Waals surface area (Å²) in [5.41, 5.74) is 2.38. The van der Waals surface area contributed by atoms with Crippen molar-refractivity contribution in [3.8, 4) is 11.3 Å². The van der Waals surface area contributed by atoms with Crippen molar-refractivity contribution < 1.29 is 9.53 Å². The van der Waals surface area contributed by atoms with Gasteiger partial charge in [-0.1, -0.05) is 29.8 Å². The van der Waals surface area contributed by atoms with Gasteiger partial charge in [-0.05, 0) is 19.1 Å². The molecule has 6 heteroatoms. The van der Waals surface area contributed by atoms with Gasteiger partial charge in [-0.3, -0.25) is 0 Å². The van der Waals surface area contributed by atoms with Gasteiger partial charge in [-0.2, -0.15) is 5.10 Å².